The standard InChI is InChI=1S/C10H10BrN3O2S/c1-12-17(15,16)14-9-4-2-3-7-5-8(11)6-13-10(7)9/h2-6,12,14H,1H3. The summed E-state index contributed by atoms with van der Waals surface area (Å²) in [4.78, 5) is 4.20. The Morgan fingerprint density at radius 2 is 2.12 bits per heavy atom. The number of halogens is 1. The highest BCUT2D eigenvalue weighted by Gasteiger charge is 2.09. The highest BCUT2D eigenvalue weighted by atomic mass is 79.9. The molecule has 2 rings (SSSR count). The van der Waals surface area contributed by atoms with Gasteiger partial charge in [0.2, 0.25) is 0 Å². The molecule has 0 spiro atoms. The molecule has 0 radical (unpaired) electrons. The monoisotopic (exact) mass is 315 g/mol. The second-order valence-electron chi connectivity index (χ2n) is 3.34. The molecule has 0 saturated carbocycles. The number of pyridine rings is 1. The van der Waals surface area contributed by atoms with Crippen LogP contribution in [0.15, 0.2) is 34.9 Å². The van der Waals surface area contributed by atoms with Gasteiger partial charge in [-0.3, -0.25) is 9.71 Å². The van der Waals surface area contributed by atoms with E-state index in [1.807, 2.05) is 12.1 Å². The molecule has 5 nitrogen and oxygen atoms in total. The van der Waals surface area contributed by atoms with Gasteiger partial charge in [0, 0.05) is 23.1 Å². The number of hydrogen-bond acceptors (Lipinski definition) is 3. The number of fused-ring (bicyclic) bond motifs is 1. The molecular formula is C10H10BrN3O2S. The van der Waals surface area contributed by atoms with Crippen LogP contribution >= 0.6 is 15.9 Å². The van der Waals surface area contributed by atoms with Gasteiger partial charge in [0.1, 0.15) is 0 Å². The second-order valence-corrected chi connectivity index (χ2v) is 5.88. The summed E-state index contributed by atoms with van der Waals surface area (Å²) in [5, 5.41) is 0.857. The largest absolute Gasteiger partial charge is 0.298 e. The Bertz CT molecular complexity index is 658. The number of nitrogens with zero attached hydrogens (tertiary/aromatic N) is 1. The number of rotatable bonds is 3. The van der Waals surface area contributed by atoms with Gasteiger partial charge in [0.15, 0.2) is 0 Å². The second kappa shape index (κ2) is 4.59. The van der Waals surface area contributed by atoms with Crippen LogP contribution in [0.5, 0.6) is 0 Å². The van der Waals surface area contributed by atoms with Crippen molar-refractivity contribution in [1.29, 1.82) is 0 Å². The van der Waals surface area contributed by atoms with Crippen molar-refractivity contribution in [3.63, 3.8) is 0 Å². The summed E-state index contributed by atoms with van der Waals surface area (Å²) in [6.45, 7) is 0. The first-order valence-corrected chi connectivity index (χ1v) is 7.05. The Hall–Kier alpha value is -1.18. The van der Waals surface area contributed by atoms with Crippen LogP contribution in [0.3, 0.4) is 0 Å². The summed E-state index contributed by atoms with van der Waals surface area (Å²) in [5.41, 5.74) is 1.05. The Morgan fingerprint density at radius 1 is 1.35 bits per heavy atom. The quantitative estimate of drug-likeness (QED) is 0.908. The van der Waals surface area contributed by atoms with E-state index in [1.54, 1.807) is 18.3 Å². The maximum atomic E-state index is 11.4. The normalized spacial score (nSPS) is 11.6. The summed E-state index contributed by atoms with van der Waals surface area (Å²) in [6, 6.07) is 7.17. The summed E-state index contributed by atoms with van der Waals surface area (Å²) >= 11 is 3.32. The Kier molecular flexibility index (Phi) is 3.32. The zero-order chi connectivity index (χ0) is 12.5. The fourth-order valence-electron chi connectivity index (χ4n) is 1.41. The van der Waals surface area contributed by atoms with E-state index in [9.17, 15) is 8.42 Å². The number of para-hydroxylation sites is 1. The molecule has 7 heteroatoms. The van der Waals surface area contributed by atoms with E-state index in [-0.39, 0.29) is 0 Å². The average molecular weight is 316 g/mol. The highest BCUT2D eigenvalue weighted by molar-refractivity contribution is 9.10. The van der Waals surface area contributed by atoms with Gasteiger partial charge < -0.3 is 0 Å². The lowest BCUT2D eigenvalue weighted by molar-refractivity contribution is 0.593. The maximum Gasteiger partial charge on any atom is 0.298 e. The van der Waals surface area contributed by atoms with E-state index in [1.165, 1.54) is 7.05 Å². The fraction of sp³-hybridized carbons (Fsp3) is 0.100. The van der Waals surface area contributed by atoms with Gasteiger partial charge in [-0.1, -0.05) is 12.1 Å². The minimum Gasteiger partial charge on any atom is -0.269 e. The lowest BCUT2D eigenvalue weighted by Gasteiger charge is -2.08. The molecule has 0 saturated heterocycles. The fourth-order valence-corrected chi connectivity index (χ4v) is 2.32. The van der Waals surface area contributed by atoms with Gasteiger partial charge in [-0.15, -0.1) is 0 Å². The highest BCUT2D eigenvalue weighted by Crippen LogP contribution is 2.24. The molecule has 0 aliphatic heterocycles. The van der Waals surface area contributed by atoms with Crippen molar-refractivity contribution < 1.29 is 8.42 Å². The first kappa shape index (κ1) is 12.3. The van der Waals surface area contributed by atoms with E-state index >= 15 is 0 Å². The van der Waals surface area contributed by atoms with Crippen LogP contribution < -0.4 is 9.44 Å². The minimum absolute atomic E-state index is 0.448. The van der Waals surface area contributed by atoms with Crippen molar-refractivity contribution in [2.75, 3.05) is 11.8 Å². The number of aromatic nitrogens is 1. The maximum absolute atomic E-state index is 11.4. The van der Waals surface area contributed by atoms with E-state index in [4.69, 9.17) is 0 Å². The molecule has 2 aromatic rings. The molecule has 0 unspecified atom stereocenters. The van der Waals surface area contributed by atoms with Crippen LogP contribution in [-0.2, 0) is 10.2 Å². The van der Waals surface area contributed by atoms with Gasteiger partial charge >= 0.3 is 0 Å². The summed E-state index contributed by atoms with van der Waals surface area (Å²) in [5.74, 6) is 0. The molecule has 0 bridgehead atoms. The van der Waals surface area contributed by atoms with Gasteiger partial charge in [-0.05, 0) is 28.1 Å². The summed E-state index contributed by atoms with van der Waals surface area (Å²) in [6.07, 6.45) is 1.62. The predicted octanol–water partition coefficient (Wildman–Crippen LogP) is 1.87. The molecule has 0 fully saturated rings. The van der Waals surface area contributed by atoms with Gasteiger partial charge in [-0.25, -0.2) is 4.72 Å². The van der Waals surface area contributed by atoms with Crippen molar-refractivity contribution in [2.45, 2.75) is 0 Å². The third-order valence-electron chi connectivity index (χ3n) is 2.19. The molecule has 2 N–H and O–H groups in total. The molecule has 0 amide bonds. The van der Waals surface area contributed by atoms with E-state index < -0.39 is 10.2 Å². The SMILES string of the molecule is CNS(=O)(=O)Nc1cccc2cc(Br)cnc12. The first-order chi connectivity index (χ1) is 8.02. The van der Waals surface area contributed by atoms with Gasteiger partial charge in [0.05, 0.1) is 11.2 Å². The molecule has 1 aromatic heterocycles. The van der Waals surface area contributed by atoms with E-state index in [0.717, 1.165) is 9.86 Å². The van der Waals surface area contributed by atoms with Crippen molar-refractivity contribution in [1.82, 2.24) is 9.71 Å². The third-order valence-corrected chi connectivity index (χ3v) is 3.65. The van der Waals surface area contributed by atoms with Crippen LogP contribution in [0, 0.1) is 0 Å². The number of benzene rings is 1. The Labute approximate surface area is 108 Å². The van der Waals surface area contributed by atoms with Crippen molar-refractivity contribution in [3.8, 4) is 0 Å². The number of nitrogens with one attached hydrogen (secondary N) is 2. The number of hydrogen-bond donors (Lipinski definition) is 2. The average Bonchev–Trinajstić information content (AvgIpc) is 2.28. The zero-order valence-corrected chi connectivity index (χ0v) is 11.3. The molecular weight excluding hydrogens is 306 g/mol. The van der Waals surface area contributed by atoms with Crippen molar-refractivity contribution in [3.05, 3.63) is 34.9 Å². The van der Waals surface area contributed by atoms with Crippen molar-refractivity contribution >= 4 is 42.7 Å². The van der Waals surface area contributed by atoms with E-state index in [0.29, 0.717) is 11.2 Å². The lowest BCUT2D eigenvalue weighted by Crippen LogP contribution is -2.26. The Balaban J connectivity index is 2.55. The molecule has 0 atom stereocenters. The molecule has 17 heavy (non-hydrogen) atoms. The molecule has 1 heterocycles. The van der Waals surface area contributed by atoms with Crippen molar-refractivity contribution in [2.24, 2.45) is 0 Å². The van der Waals surface area contributed by atoms with Crippen LogP contribution in [0.4, 0.5) is 5.69 Å². The van der Waals surface area contributed by atoms with Gasteiger partial charge in [-0.2, -0.15) is 8.42 Å². The minimum atomic E-state index is -3.53. The zero-order valence-electron chi connectivity index (χ0n) is 8.94. The first-order valence-electron chi connectivity index (χ1n) is 4.77. The van der Waals surface area contributed by atoms with Gasteiger partial charge in [0.25, 0.3) is 10.2 Å². The predicted molar refractivity (Wildman–Crippen MR) is 71.0 cm³/mol. The molecule has 0 aliphatic carbocycles. The van der Waals surface area contributed by atoms with Crippen LogP contribution in [0.2, 0.25) is 0 Å². The molecule has 0 aliphatic rings. The smallest absolute Gasteiger partial charge is 0.269 e. The lowest BCUT2D eigenvalue weighted by atomic mass is 10.2. The Morgan fingerprint density at radius 3 is 2.82 bits per heavy atom. The van der Waals surface area contributed by atoms with Crippen LogP contribution in [-0.4, -0.2) is 20.4 Å². The third kappa shape index (κ3) is 2.74. The number of anilines is 1. The van der Waals surface area contributed by atoms with Crippen LogP contribution in [0.1, 0.15) is 0 Å². The summed E-state index contributed by atoms with van der Waals surface area (Å²) in [7, 11) is -2.18. The topological polar surface area (TPSA) is 71.1 Å². The molecule has 90 valence electrons. The van der Waals surface area contributed by atoms with Crippen LogP contribution in [0.25, 0.3) is 10.9 Å². The molecule has 1 aromatic carbocycles. The summed E-state index contributed by atoms with van der Waals surface area (Å²) < 4.78 is 28.3. The van der Waals surface area contributed by atoms with E-state index in [2.05, 4.69) is 30.4 Å².